The molecule has 3 aromatic carbocycles. The minimum atomic E-state index is -0.500. The molecule has 1 amide bonds. The largest absolute Gasteiger partial charge is 0.340 e. The standard InChI is InChI=1S/C23H18ClN3O4/c1-25(13-15-12-16(27(30)31)10-11-19(15)24)22(28)14-26-20-8-4-2-6-17(20)23(29)18-7-3-5-9-21(18)26/h2-12H,13-14H2,1H3. The number of rotatable bonds is 5. The van der Waals surface area contributed by atoms with E-state index >= 15 is 0 Å². The summed E-state index contributed by atoms with van der Waals surface area (Å²) in [5.74, 6) is -0.221. The number of halogens is 1. The third kappa shape index (κ3) is 3.87. The zero-order valence-corrected chi connectivity index (χ0v) is 17.4. The highest BCUT2D eigenvalue weighted by atomic mass is 35.5. The molecule has 4 rings (SSSR count). The smallest absolute Gasteiger partial charge is 0.269 e. The van der Waals surface area contributed by atoms with Gasteiger partial charge in [-0.3, -0.25) is 19.7 Å². The number of pyridine rings is 1. The number of benzene rings is 3. The van der Waals surface area contributed by atoms with Crippen LogP contribution in [0.3, 0.4) is 0 Å². The summed E-state index contributed by atoms with van der Waals surface area (Å²) in [5.41, 5.74) is 1.66. The minimum absolute atomic E-state index is 0.00432. The van der Waals surface area contributed by atoms with Crippen molar-refractivity contribution in [1.82, 2.24) is 9.47 Å². The van der Waals surface area contributed by atoms with Gasteiger partial charge in [0.15, 0.2) is 5.43 Å². The van der Waals surface area contributed by atoms with E-state index in [1.165, 1.54) is 23.1 Å². The fourth-order valence-corrected chi connectivity index (χ4v) is 3.82. The van der Waals surface area contributed by atoms with Crippen LogP contribution in [-0.2, 0) is 17.9 Å². The molecule has 0 saturated carbocycles. The van der Waals surface area contributed by atoms with Crippen molar-refractivity contribution in [1.29, 1.82) is 0 Å². The lowest BCUT2D eigenvalue weighted by atomic mass is 10.1. The molecule has 0 spiro atoms. The fourth-order valence-electron chi connectivity index (χ4n) is 3.64. The highest BCUT2D eigenvalue weighted by Gasteiger charge is 2.17. The first kappa shape index (κ1) is 20.6. The Balaban J connectivity index is 1.70. The van der Waals surface area contributed by atoms with Gasteiger partial charge in [-0.25, -0.2) is 0 Å². The van der Waals surface area contributed by atoms with Gasteiger partial charge in [0.1, 0.15) is 6.54 Å². The third-order valence-corrected chi connectivity index (χ3v) is 5.61. The molecule has 0 N–H and O–H groups in total. The van der Waals surface area contributed by atoms with Crippen molar-refractivity contribution in [2.45, 2.75) is 13.1 Å². The molecule has 0 aliphatic carbocycles. The number of hydrogen-bond acceptors (Lipinski definition) is 4. The molecule has 0 aliphatic heterocycles. The Labute approximate surface area is 182 Å². The number of non-ortho nitro benzene ring substituents is 1. The van der Waals surface area contributed by atoms with Crippen LogP contribution in [-0.4, -0.2) is 27.3 Å². The molecule has 1 aromatic heterocycles. The molecule has 156 valence electrons. The molecule has 7 nitrogen and oxygen atoms in total. The minimum Gasteiger partial charge on any atom is -0.340 e. The summed E-state index contributed by atoms with van der Waals surface area (Å²) < 4.78 is 1.82. The number of fused-ring (bicyclic) bond motifs is 2. The Hall–Kier alpha value is -3.71. The van der Waals surface area contributed by atoms with Gasteiger partial charge in [0.2, 0.25) is 5.91 Å². The number of nitro benzene ring substituents is 1. The maximum Gasteiger partial charge on any atom is 0.269 e. The van der Waals surface area contributed by atoms with Crippen LogP contribution in [0.25, 0.3) is 21.8 Å². The zero-order chi connectivity index (χ0) is 22.1. The average Bonchev–Trinajstić information content (AvgIpc) is 2.77. The maximum atomic E-state index is 13.1. The maximum absolute atomic E-state index is 13.1. The van der Waals surface area contributed by atoms with E-state index in [-0.39, 0.29) is 30.1 Å². The van der Waals surface area contributed by atoms with Gasteiger partial charge in [-0.15, -0.1) is 0 Å². The number of nitrogens with zero attached hydrogens (tertiary/aromatic N) is 3. The molecule has 0 unspecified atom stereocenters. The lowest BCUT2D eigenvalue weighted by Gasteiger charge is -2.21. The average molecular weight is 436 g/mol. The van der Waals surface area contributed by atoms with Gasteiger partial charge in [-0.1, -0.05) is 35.9 Å². The Morgan fingerprint density at radius 2 is 1.61 bits per heavy atom. The van der Waals surface area contributed by atoms with Gasteiger partial charge in [0, 0.05) is 41.5 Å². The van der Waals surface area contributed by atoms with Crippen molar-refractivity contribution in [3.63, 3.8) is 0 Å². The summed E-state index contributed by atoms with van der Waals surface area (Å²) in [6.07, 6.45) is 0. The molecule has 0 fully saturated rings. The number of nitro groups is 1. The van der Waals surface area contributed by atoms with Crippen LogP contribution in [0.4, 0.5) is 5.69 Å². The van der Waals surface area contributed by atoms with E-state index in [2.05, 4.69) is 0 Å². The van der Waals surface area contributed by atoms with Gasteiger partial charge in [0.25, 0.3) is 5.69 Å². The molecule has 31 heavy (non-hydrogen) atoms. The Morgan fingerprint density at radius 3 is 2.19 bits per heavy atom. The van der Waals surface area contributed by atoms with E-state index < -0.39 is 4.92 Å². The second kappa shape index (κ2) is 8.20. The Morgan fingerprint density at radius 1 is 1.03 bits per heavy atom. The summed E-state index contributed by atoms with van der Waals surface area (Å²) in [7, 11) is 1.62. The number of para-hydroxylation sites is 2. The van der Waals surface area contributed by atoms with Gasteiger partial charge >= 0.3 is 0 Å². The molecule has 8 heteroatoms. The predicted octanol–water partition coefficient (Wildman–Crippen LogP) is 4.37. The quantitative estimate of drug-likeness (QED) is 0.264. The molecular formula is C23H18ClN3O4. The summed E-state index contributed by atoms with van der Waals surface area (Å²) in [4.78, 5) is 37.9. The lowest BCUT2D eigenvalue weighted by Crippen LogP contribution is -2.30. The van der Waals surface area contributed by atoms with Crippen molar-refractivity contribution in [3.8, 4) is 0 Å². The van der Waals surface area contributed by atoms with E-state index in [0.29, 0.717) is 32.4 Å². The molecule has 0 radical (unpaired) electrons. The summed E-state index contributed by atoms with van der Waals surface area (Å²) in [6, 6.07) is 18.5. The van der Waals surface area contributed by atoms with Crippen LogP contribution in [0, 0.1) is 10.1 Å². The predicted molar refractivity (Wildman–Crippen MR) is 120 cm³/mol. The molecule has 0 saturated heterocycles. The lowest BCUT2D eigenvalue weighted by molar-refractivity contribution is -0.384. The van der Waals surface area contributed by atoms with Crippen LogP contribution in [0.2, 0.25) is 5.02 Å². The number of carbonyl (C=O) groups excluding carboxylic acids is 1. The summed E-state index contributed by atoms with van der Waals surface area (Å²) in [6.45, 7) is 0.125. The van der Waals surface area contributed by atoms with Crippen LogP contribution in [0.5, 0.6) is 0 Å². The highest BCUT2D eigenvalue weighted by molar-refractivity contribution is 6.31. The molecule has 0 aliphatic rings. The molecule has 4 aromatic rings. The Bertz CT molecular complexity index is 1340. The highest BCUT2D eigenvalue weighted by Crippen LogP contribution is 2.24. The van der Waals surface area contributed by atoms with E-state index in [0.717, 1.165) is 0 Å². The van der Waals surface area contributed by atoms with E-state index in [1.807, 2.05) is 28.8 Å². The van der Waals surface area contributed by atoms with Gasteiger partial charge < -0.3 is 9.47 Å². The fraction of sp³-hybridized carbons (Fsp3) is 0.130. The SMILES string of the molecule is CN(Cc1cc([N+](=O)[O-])ccc1Cl)C(=O)Cn1c2ccccc2c(=O)c2ccccc21. The Kier molecular flexibility index (Phi) is 5.44. The van der Waals surface area contributed by atoms with Gasteiger partial charge in [0.05, 0.1) is 16.0 Å². The number of aromatic nitrogens is 1. The van der Waals surface area contributed by atoms with Crippen molar-refractivity contribution < 1.29 is 9.72 Å². The van der Waals surface area contributed by atoms with Crippen LogP contribution < -0.4 is 5.43 Å². The van der Waals surface area contributed by atoms with Crippen molar-refractivity contribution in [2.75, 3.05) is 7.05 Å². The van der Waals surface area contributed by atoms with Crippen molar-refractivity contribution in [3.05, 3.63) is 97.7 Å². The second-order valence-electron chi connectivity index (χ2n) is 7.23. The van der Waals surface area contributed by atoms with Crippen LogP contribution >= 0.6 is 11.6 Å². The normalized spacial score (nSPS) is 11.0. The summed E-state index contributed by atoms with van der Waals surface area (Å²) in [5, 5.41) is 12.5. The van der Waals surface area contributed by atoms with Gasteiger partial charge in [-0.2, -0.15) is 0 Å². The van der Waals surface area contributed by atoms with Crippen molar-refractivity contribution >= 4 is 45.0 Å². The first-order valence-corrected chi connectivity index (χ1v) is 9.91. The number of hydrogen-bond donors (Lipinski definition) is 0. The van der Waals surface area contributed by atoms with E-state index in [4.69, 9.17) is 11.6 Å². The first-order chi connectivity index (χ1) is 14.9. The number of likely N-dealkylation sites (N-methyl/N-ethyl adjacent to an activating group) is 1. The van der Waals surface area contributed by atoms with Gasteiger partial charge in [-0.05, 0) is 35.9 Å². The monoisotopic (exact) mass is 435 g/mol. The van der Waals surface area contributed by atoms with E-state index in [9.17, 15) is 19.7 Å². The van der Waals surface area contributed by atoms with Crippen molar-refractivity contribution in [2.24, 2.45) is 0 Å². The molecule has 1 heterocycles. The van der Waals surface area contributed by atoms with E-state index in [1.54, 1.807) is 31.3 Å². The number of carbonyl (C=O) groups is 1. The van der Waals surface area contributed by atoms with Crippen LogP contribution in [0.15, 0.2) is 71.5 Å². The summed E-state index contributed by atoms with van der Waals surface area (Å²) >= 11 is 6.18. The molecule has 0 bridgehead atoms. The second-order valence-corrected chi connectivity index (χ2v) is 7.64. The van der Waals surface area contributed by atoms with Crippen LogP contribution in [0.1, 0.15) is 5.56 Å². The molecular weight excluding hydrogens is 418 g/mol. The zero-order valence-electron chi connectivity index (χ0n) is 16.6. The molecule has 0 atom stereocenters. The first-order valence-electron chi connectivity index (χ1n) is 9.54. The number of amides is 1. The topological polar surface area (TPSA) is 85.4 Å². The third-order valence-electron chi connectivity index (χ3n) is 5.25.